The third kappa shape index (κ3) is 5.32. The van der Waals surface area contributed by atoms with Crippen molar-refractivity contribution in [1.29, 1.82) is 0 Å². The maximum atomic E-state index is 9.06. The Morgan fingerprint density at radius 3 is 2.43 bits per heavy atom. The third-order valence-electron chi connectivity index (χ3n) is 1.75. The molecule has 3 N–H and O–H groups in total. The summed E-state index contributed by atoms with van der Waals surface area (Å²) in [6.45, 7) is 2.80. The topological polar surface area (TPSA) is 55.1 Å². The molecular formula is C11H18N2O. The summed E-state index contributed by atoms with van der Waals surface area (Å²) < 4.78 is 0. The number of hydrogen-bond acceptors (Lipinski definition) is 2. The molecule has 3 nitrogen and oxygen atoms in total. The van der Waals surface area contributed by atoms with Gasteiger partial charge in [-0.15, -0.1) is 0 Å². The van der Waals surface area contributed by atoms with Gasteiger partial charge in [0.15, 0.2) is 0 Å². The van der Waals surface area contributed by atoms with E-state index in [0.717, 1.165) is 6.42 Å². The zero-order valence-electron chi connectivity index (χ0n) is 8.79. The van der Waals surface area contributed by atoms with Gasteiger partial charge >= 0.3 is 0 Å². The summed E-state index contributed by atoms with van der Waals surface area (Å²) in [6, 6.07) is 8.39. The summed E-state index contributed by atoms with van der Waals surface area (Å²) in [5.74, 6) is 0. The fourth-order valence-corrected chi connectivity index (χ4v) is 0.977. The highest BCUT2D eigenvalue weighted by atomic mass is 16.1. The van der Waals surface area contributed by atoms with Gasteiger partial charge in [-0.1, -0.05) is 31.2 Å². The molecule has 0 unspecified atom stereocenters. The Hall–Kier alpha value is -1.35. The van der Waals surface area contributed by atoms with Gasteiger partial charge in [0.25, 0.3) is 0 Å². The average Bonchev–Trinajstić information content (AvgIpc) is 2.29. The predicted octanol–water partition coefficient (Wildman–Crippen LogP) is 1.07. The first kappa shape index (κ1) is 12.7. The van der Waals surface area contributed by atoms with Crippen LogP contribution < -0.4 is 11.1 Å². The van der Waals surface area contributed by atoms with Crippen molar-refractivity contribution in [2.24, 2.45) is 5.73 Å². The molecule has 0 aromatic heterocycles. The molecular weight excluding hydrogens is 176 g/mol. The van der Waals surface area contributed by atoms with E-state index in [2.05, 4.69) is 36.5 Å². The summed E-state index contributed by atoms with van der Waals surface area (Å²) in [5, 5.41) is 2.25. The van der Waals surface area contributed by atoms with Gasteiger partial charge in [-0.05, 0) is 17.5 Å². The van der Waals surface area contributed by atoms with Crippen LogP contribution in [0.15, 0.2) is 24.3 Å². The molecule has 78 valence electrons. The summed E-state index contributed by atoms with van der Waals surface area (Å²) >= 11 is 0. The molecule has 0 saturated carbocycles. The van der Waals surface area contributed by atoms with Crippen molar-refractivity contribution < 1.29 is 4.79 Å². The second kappa shape index (κ2) is 8.26. The van der Waals surface area contributed by atoms with Crippen LogP contribution in [-0.4, -0.2) is 13.5 Å². The fourth-order valence-electron chi connectivity index (χ4n) is 0.977. The van der Waals surface area contributed by atoms with Gasteiger partial charge in [0, 0.05) is 13.6 Å². The highest BCUT2D eigenvalue weighted by molar-refractivity contribution is 5.44. The molecule has 0 aliphatic rings. The number of carbonyl (C=O) groups is 1. The van der Waals surface area contributed by atoms with Gasteiger partial charge in [-0.25, -0.2) is 0 Å². The van der Waals surface area contributed by atoms with E-state index >= 15 is 0 Å². The molecule has 0 fully saturated rings. The first-order chi connectivity index (χ1) is 6.78. The summed E-state index contributed by atoms with van der Waals surface area (Å²) in [4.78, 5) is 9.06. The van der Waals surface area contributed by atoms with Crippen LogP contribution >= 0.6 is 0 Å². The van der Waals surface area contributed by atoms with E-state index in [1.165, 1.54) is 11.1 Å². The number of aryl methyl sites for hydroxylation is 1. The van der Waals surface area contributed by atoms with Gasteiger partial charge in [0.1, 0.15) is 0 Å². The van der Waals surface area contributed by atoms with Gasteiger partial charge in [-0.2, -0.15) is 0 Å². The van der Waals surface area contributed by atoms with Crippen molar-refractivity contribution >= 4 is 6.41 Å². The van der Waals surface area contributed by atoms with E-state index in [1.807, 2.05) is 0 Å². The number of amides is 1. The summed E-state index contributed by atoms with van der Waals surface area (Å²) in [7, 11) is 1.56. The Balaban J connectivity index is 0.000000364. The van der Waals surface area contributed by atoms with Crippen LogP contribution in [-0.2, 0) is 17.8 Å². The maximum Gasteiger partial charge on any atom is 0.206 e. The van der Waals surface area contributed by atoms with E-state index < -0.39 is 0 Å². The van der Waals surface area contributed by atoms with Crippen molar-refractivity contribution in [2.75, 3.05) is 7.05 Å². The minimum absolute atomic E-state index is 0.625. The van der Waals surface area contributed by atoms with E-state index in [-0.39, 0.29) is 0 Å². The van der Waals surface area contributed by atoms with Crippen LogP contribution in [0.4, 0.5) is 0 Å². The molecule has 1 amide bonds. The lowest BCUT2D eigenvalue weighted by atomic mass is 10.1. The molecule has 14 heavy (non-hydrogen) atoms. The van der Waals surface area contributed by atoms with Crippen LogP contribution in [0.25, 0.3) is 0 Å². The Labute approximate surface area is 85.3 Å². The molecule has 0 radical (unpaired) electrons. The zero-order chi connectivity index (χ0) is 10.8. The van der Waals surface area contributed by atoms with E-state index in [4.69, 9.17) is 10.5 Å². The quantitative estimate of drug-likeness (QED) is 0.707. The molecule has 1 aromatic rings. The molecule has 0 aliphatic heterocycles. The Bertz CT molecular complexity index is 242. The van der Waals surface area contributed by atoms with Crippen molar-refractivity contribution in [1.82, 2.24) is 5.32 Å². The lowest BCUT2D eigenvalue weighted by molar-refractivity contribution is -0.109. The highest BCUT2D eigenvalue weighted by Gasteiger charge is 1.89. The molecule has 1 aromatic carbocycles. The smallest absolute Gasteiger partial charge is 0.206 e. The fraction of sp³-hybridized carbons (Fsp3) is 0.364. The van der Waals surface area contributed by atoms with Gasteiger partial charge in [0.05, 0.1) is 0 Å². The second-order valence-corrected chi connectivity index (χ2v) is 2.78. The number of nitrogens with one attached hydrogen (secondary N) is 1. The monoisotopic (exact) mass is 194 g/mol. The Kier molecular flexibility index (Phi) is 7.46. The molecule has 0 atom stereocenters. The van der Waals surface area contributed by atoms with Gasteiger partial charge < -0.3 is 11.1 Å². The Morgan fingerprint density at radius 1 is 1.43 bits per heavy atom. The van der Waals surface area contributed by atoms with E-state index in [9.17, 15) is 0 Å². The van der Waals surface area contributed by atoms with Crippen molar-refractivity contribution in [3.63, 3.8) is 0 Å². The van der Waals surface area contributed by atoms with E-state index in [1.54, 1.807) is 7.05 Å². The summed E-state index contributed by atoms with van der Waals surface area (Å²) in [5.41, 5.74) is 8.06. The number of carbonyl (C=O) groups excluding carboxylic acids is 1. The number of nitrogens with two attached hydrogens (primary N) is 1. The van der Waals surface area contributed by atoms with Crippen LogP contribution in [0, 0.1) is 0 Å². The molecule has 0 bridgehead atoms. The lowest BCUT2D eigenvalue weighted by Gasteiger charge is -1.98. The zero-order valence-corrected chi connectivity index (χ0v) is 8.79. The van der Waals surface area contributed by atoms with Crippen LogP contribution in [0.2, 0.25) is 0 Å². The number of benzene rings is 1. The Morgan fingerprint density at radius 2 is 2.00 bits per heavy atom. The standard InChI is InChI=1S/C9H13N.C2H5NO/c1-2-8-4-3-5-9(6-8)7-10;1-3-2-4/h3-6H,2,7,10H2,1H3;2H,1H3,(H,3,4). The minimum Gasteiger partial charge on any atom is -0.362 e. The van der Waals surface area contributed by atoms with Crippen molar-refractivity contribution in [2.45, 2.75) is 19.9 Å². The second-order valence-electron chi connectivity index (χ2n) is 2.78. The first-order valence-corrected chi connectivity index (χ1v) is 4.67. The minimum atomic E-state index is 0.625. The van der Waals surface area contributed by atoms with Gasteiger partial charge in [-0.3, -0.25) is 4.79 Å². The summed E-state index contributed by atoms with van der Waals surface area (Å²) in [6.07, 6.45) is 1.72. The molecule has 0 heterocycles. The normalized spacial score (nSPS) is 8.50. The maximum absolute atomic E-state index is 9.06. The molecule has 0 aliphatic carbocycles. The third-order valence-corrected chi connectivity index (χ3v) is 1.75. The van der Waals surface area contributed by atoms with Crippen LogP contribution in [0.3, 0.4) is 0 Å². The van der Waals surface area contributed by atoms with Gasteiger partial charge in [0.2, 0.25) is 6.41 Å². The van der Waals surface area contributed by atoms with Crippen LogP contribution in [0.1, 0.15) is 18.1 Å². The predicted molar refractivity (Wildman–Crippen MR) is 58.8 cm³/mol. The van der Waals surface area contributed by atoms with Crippen LogP contribution in [0.5, 0.6) is 0 Å². The lowest BCUT2D eigenvalue weighted by Crippen LogP contribution is -1.98. The molecule has 0 saturated heterocycles. The molecule has 0 spiro atoms. The molecule has 3 heteroatoms. The highest BCUT2D eigenvalue weighted by Crippen LogP contribution is 2.04. The van der Waals surface area contributed by atoms with Crippen molar-refractivity contribution in [3.05, 3.63) is 35.4 Å². The molecule has 1 rings (SSSR count). The van der Waals surface area contributed by atoms with Crippen molar-refractivity contribution in [3.8, 4) is 0 Å². The number of rotatable bonds is 3. The largest absolute Gasteiger partial charge is 0.362 e. The first-order valence-electron chi connectivity index (χ1n) is 4.67. The average molecular weight is 194 g/mol. The van der Waals surface area contributed by atoms with E-state index in [0.29, 0.717) is 13.0 Å². The SMILES string of the molecule is CCc1cccc(CN)c1.CNC=O. The number of hydrogen-bond donors (Lipinski definition) is 2.